The zero-order valence-electron chi connectivity index (χ0n) is 16.6. The fourth-order valence-electron chi connectivity index (χ4n) is 3.52. The van der Waals surface area contributed by atoms with Gasteiger partial charge in [-0.1, -0.05) is 0 Å². The Morgan fingerprint density at radius 1 is 1.37 bits per heavy atom. The van der Waals surface area contributed by atoms with Gasteiger partial charge in [-0.05, 0) is 31.2 Å². The molecule has 0 aromatic carbocycles. The van der Waals surface area contributed by atoms with Gasteiger partial charge in [0.05, 0.1) is 18.0 Å². The Balaban J connectivity index is 0.000000396. The molecule has 0 aliphatic carbocycles. The van der Waals surface area contributed by atoms with Crippen LogP contribution in [-0.2, 0) is 26.1 Å². The average molecular weight is 456 g/mol. The van der Waals surface area contributed by atoms with Gasteiger partial charge in [-0.25, -0.2) is 17.9 Å². The second-order valence-electron chi connectivity index (χ2n) is 7.43. The number of hydrogen-bond acceptors (Lipinski definition) is 6. The van der Waals surface area contributed by atoms with Crippen LogP contribution in [0, 0.1) is 5.92 Å². The zero-order valence-corrected chi connectivity index (χ0v) is 17.5. The monoisotopic (exact) mass is 456 g/mol. The lowest BCUT2D eigenvalue weighted by atomic mass is 9.98. The van der Waals surface area contributed by atoms with Crippen molar-refractivity contribution in [1.29, 1.82) is 0 Å². The van der Waals surface area contributed by atoms with E-state index in [0.717, 1.165) is 52.1 Å². The van der Waals surface area contributed by atoms with Crippen molar-refractivity contribution < 1.29 is 36.2 Å². The van der Waals surface area contributed by atoms with Gasteiger partial charge in [0.25, 0.3) is 0 Å². The summed E-state index contributed by atoms with van der Waals surface area (Å²) in [4.78, 5) is 11.4. The first-order chi connectivity index (χ1) is 14.0. The van der Waals surface area contributed by atoms with Crippen LogP contribution in [-0.4, -0.2) is 79.5 Å². The minimum atomic E-state index is -5.08. The number of alkyl halides is 3. The molecular formula is C17H27F3N4O5S. The van der Waals surface area contributed by atoms with Crippen molar-refractivity contribution in [1.82, 2.24) is 19.4 Å². The van der Waals surface area contributed by atoms with E-state index >= 15 is 0 Å². The van der Waals surface area contributed by atoms with Crippen LogP contribution >= 0.6 is 0 Å². The Kier molecular flexibility index (Phi) is 8.64. The van der Waals surface area contributed by atoms with Crippen molar-refractivity contribution >= 4 is 16.0 Å². The average Bonchev–Trinajstić information content (AvgIpc) is 3.10. The van der Waals surface area contributed by atoms with E-state index in [4.69, 9.17) is 14.6 Å². The maximum Gasteiger partial charge on any atom is 0.490 e. The molecule has 1 aromatic rings. The Morgan fingerprint density at radius 2 is 2.00 bits per heavy atom. The number of sulfonamides is 1. The lowest BCUT2D eigenvalue weighted by Gasteiger charge is -2.36. The lowest BCUT2D eigenvalue weighted by molar-refractivity contribution is -0.192. The van der Waals surface area contributed by atoms with Crippen molar-refractivity contribution in [2.24, 2.45) is 5.92 Å². The number of rotatable bonds is 6. The predicted molar refractivity (Wildman–Crippen MR) is 101 cm³/mol. The third-order valence-electron chi connectivity index (χ3n) is 4.89. The van der Waals surface area contributed by atoms with Gasteiger partial charge in [0, 0.05) is 45.6 Å². The van der Waals surface area contributed by atoms with Crippen LogP contribution in [0.4, 0.5) is 13.2 Å². The minimum absolute atomic E-state index is 0.225. The normalized spacial score (nSPS) is 20.9. The molecule has 1 aromatic heterocycles. The number of carboxylic acid groups (broad SMARTS) is 1. The second kappa shape index (κ2) is 10.6. The number of aromatic nitrogens is 2. The van der Waals surface area contributed by atoms with Gasteiger partial charge in [-0.15, -0.1) is 0 Å². The fourth-order valence-corrected chi connectivity index (χ4v) is 4.01. The van der Waals surface area contributed by atoms with Gasteiger partial charge in [-0.3, -0.25) is 9.58 Å². The summed E-state index contributed by atoms with van der Waals surface area (Å²) in [6.07, 6.45) is 0.979. The summed E-state index contributed by atoms with van der Waals surface area (Å²) in [6.45, 7) is 5.14. The van der Waals surface area contributed by atoms with Crippen LogP contribution in [0.1, 0.15) is 31.0 Å². The first-order valence-electron chi connectivity index (χ1n) is 9.53. The third-order valence-corrected chi connectivity index (χ3v) is 5.62. The number of fused-ring (bicyclic) bond motifs is 1. The first kappa shape index (κ1) is 24.6. The highest BCUT2D eigenvalue weighted by Crippen LogP contribution is 2.25. The summed E-state index contributed by atoms with van der Waals surface area (Å²) >= 11 is 0. The van der Waals surface area contributed by atoms with Crippen LogP contribution in [0.5, 0.6) is 0 Å². The van der Waals surface area contributed by atoms with E-state index in [1.807, 2.05) is 6.20 Å². The lowest BCUT2D eigenvalue weighted by Crippen LogP contribution is -2.42. The molecule has 1 atom stereocenters. The van der Waals surface area contributed by atoms with Crippen molar-refractivity contribution in [2.75, 3.05) is 39.1 Å². The Hall–Kier alpha value is -1.70. The molecule has 1 fully saturated rings. The van der Waals surface area contributed by atoms with Crippen LogP contribution in [0.2, 0.25) is 0 Å². The van der Waals surface area contributed by atoms with E-state index in [9.17, 15) is 21.6 Å². The highest BCUT2D eigenvalue weighted by molar-refractivity contribution is 7.88. The van der Waals surface area contributed by atoms with Crippen LogP contribution in [0.3, 0.4) is 0 Å². The number of nitrogens with zero attached hydrogens (tertiary/aromatic N) is 3. The Morgan fingerprint density at radius 3 is 2.57 bits per heavy atom. The van der Waals surface area contributed by atoms with Gasteiger partial charge in [0.1, 0.15) is 0 Å². The summed E-state index contributed by atoms with van der Waals surface area (Å²) in [7, 11) is -3.13. The van der Waals surface area contributed by atoms with Crippen LogP contribution in [0.15, 0.2) is 12.3 Å². The molecule has 2 N–H and O–H groups in total. The summed E-state index contributed by atoms with van der Waals surface area (Å²) < 4.78 is 64.3. The van der Waals surface area contributed by atoms with Crippen LogP contribution < -0.4 is 4.72 Å². The summed E-state index contributed by atoms with van der Waals surface area (Å²) in [5.41, 5.74) is 1.22. The number of nitrogens with one attached hydrogen (secondary N) is 1. The van der Waals surface area contributed by atoms with Crippen LogP contribution in [0.25, 0.3) is 0 Å². The van der Waals surface area contributed by atoms with E-state index in [2.05, 4.69) is 25.5 Å². The van der Waals surface area contributed by atoms with Crippen molar-refractivity contribution in [3.8, 4) is 0 Å². The molecule has 2 aliphatic heterocycles. The molecule has 1 unspecified atom stereocenters. The first-order valence-corrected chi connectivity index (χ1v) is 11.4. The molecule has 0 bridgehead atoms. The van der Waals surface area contributed by atoms with Gasteiger partial charge in [0.15, 0.2) is 0 Å². The Labute approximate surface area is 173 Å². The second-order valence-corrected chi connectivity index (χ2v) is 9.26. The van der Waals surface area contributed by atoms with Gasteiger partial charge >= 0.3 is 12.1 Å². The van der Waals surface area contributed by atoms with Crippen molar-refractivity contribution in [2.45, 2.75) is 38.0 Å². The quantitative estimate of drug-likeness (QED) is 0.662. The molecule has 13 heteroatoms. The van der Waals surface area contributed by atoms with E-state index in [-0.39, 0.29) is 6.04 Å². The highest BCUT2D eigenvalue weighted by Gasteiger charge is 2.38. The standard InChI is InChI=1S/C15H26N4O3S.C2HF3O2/c1-23(20,21)17-7-3-15-12-18(10-13-4-8-22-9-5-13)11-14-2-6-16-19(14)15;3-2(4,5)1(6)7/h2,6,13,15,17H,3-5,7-12H2,1H3;(H,6,7). The number of halogens is 3. The minimum Gasteiger partial charge on any atom is -0.475 e. The third kappa shape index (κ3) is 8.20. The summed E-state index contributed by atoms with van der Waals surface area (Å²) in [5.74, 6) is -2.06. The maximum atomic E-state index is 11.2. The molecular weight excluding hydrogens is 429 g/mol. The fraction of sp³-hybridized carbons (Fsp3) is 0.765. The van der Waals surface area contributed by atoms with E-state index in [1.54, 1.807) is 0 Å². The molecule has 0 radical (unpaired) electrons. The topological polar surface area (TPSA) is 114 Å². The van der Waals surface area contributed by atoms with Crippen molar-refractivity contribution in [3.05, 3.63) is 18.0 Å². The van der Waals surface area contributed by atoms with E-state index < -0.39 is 22.2 Å². The molecule has 3 heterocycles. The highest BCUT2D eigenvalue weighted by atomic mass is 32.2. The number of carbonyl (C=O) groups is 1. The maximum absolute atomic E-state index is 11.2. The molecule has 2 aliphatic rings. The molecule has 30 heavy (non-hydrogen) atoms. The smallest absolute Gasteiger partial charge is 0.475 e. The molecule has 0 amide bonds. The molecule has 172 valence electrons. The number of aliphatic carboxylic acids is 1. The molecule has 0 saturated carbocycles. The van der Waals surface area contributed by atoms with Crippen molar-refractivity contribution in [3.63, 3.8) is 0 Å². The summed E-state index contributed by atoms with van der Waals surface area (Å²) in [6, 6.07) is 2.29. The largest absolute Gasteiger partial charge is 0.490 e. The zero-order chi connectivity index (χ0) is 22.4. The molecule has 0 spiro atoms. The van der Waals surface area contributed by atoms with Gasteiger partial charge < -0.3 is 9.84 Å². The Bertz CT molecular complexity index is 794. The molecule has 9 nitrogen and oxygen atoms in total. The molecule has 3 rings (SSSR count). The number of ether oxygens (including phenoxy) is 1. The van der Waals surface area contributed by atoms with E-state index in [0.29, 0.717) is 12.5 Å². The molecule has 1 saturated heterocycles. The predicted octanol–water partition coefficient (Wildman–Crippen LogP) is 1.24. The summed E-state index contributed by atoms with van der Waals surface area (Å²) in [5, 5.41) is 11.6. The van der Waals surface area contributed by atoms with Gasteiger partial charge in [-0.2, -0.15) is 18.3 Å². The SMILES string of the molecule is CS(=O)(=O)NCCC1CN(CC2CCOCC2)Cc2ccnn21.O=C(O)C(F)(F)F. The van der Waals surface area contributed by atoms with E-state index in [1.165, 1.54) is 11.9 Å². The van der Waals surface area contributed by atoms with Gasteiger partial charge in [0.2, 0.25) is 10.0 Å². The number of hydrogen-bond donors (Lipinski definition) is 2. The number of carboxylic acids is 1.